The van der Waals surface area contributed by atoms with E-state index in [4.69, 9.17) is 14.4 Å². The number of rotatable bonds is 3. The lowest BCUT2D eigenvalue weighted by atomic mass is 10.4. The molecule has 1 N–H and O–H groups in total. The molecule has 1 aliphatic heterocycles. The first-order valence-corrected chi connectivity index (χ1v) is 4.92. The summed E-state index contributed by atoms with van der Waals surface area (Å²) in [5.41, 5.74) is 0. The lowest BCUT2D eigenvalue weighted by molar-refractivity contribution is -0.221. The Morgan fingerprint density at radius 3 is 2.92 bits per heavy atom. The van der Waals surface area contributed by atoms with E-state index in [0.717, 1.165) is 0 Å². The maximum Gasteiger partial charge on any atom is 0.265 e. The van der Waals surface area contributed by atoms with Gasteiger partial charge in [-0.25, -0.2) is 0 Å². The molecule has 1 aliphatic rings. The Morgan fingerprint density at radius 2 is 2.50 bits per heavy atom. The molecule has 0 amide bonds. The first kappa shape index (κ1) is 10.1. The third kappa shape index (κ3) is 3.62. The summed E-state index contributed by atoms with van der Waals surface area (Å²) in [7, 11) is -4.62. The standard InChI is InChI=1S/C5H11O6P/c1-4-9-2-5(11-4)3-10-12(6,7)8/h4-5H,2-3H2,1H3,(H2,6,7,8)/p-1. The van der Waals surface area contributed by atoms with Crippen LogP contribution in [0, 0.1) is 0 Å². The Bertz CT molecular complexity index is 188. The quantitative estimate of drug-likeness (QED) is 0.597. The van der Waals surface area contributed by atoms with Crippen molar-refractivity contribution in [3.63, 3.8) is 0 Å². The average Bonchev–Trinajstić information content (AvgIpc) is 2.30. The van der Waals surface area contributed by atoms with Gasteiger partial charge in [-0.15, -0.1) is 0 Å². The van der Waals surface area contributed by atoms with E-state index in [0.29, 0.717) is 0 Å². The second-order valence-electron chi connectivity index (χ2n) is 2.42. The third-order valence-corrected chi connectivity index (χ3v) is 1.80. The van der Waals surface area contributed by atoms with Crippen LogP contribution in [0.3, 0.4) is 0 Å². The van der Waals surface area contributed by atoms with Crippen molar-refractivity contribution < 1.29 is 28.3 Å². The molecule has 7 heteroatoms. The van der Waals surface area contributed by atoms with Gasteiger partial charge in [0, 0.05) is 0 Å². The monoisotopic (exact) mass is 197 g/mol. The minimum atomic E-state index is -4.62. The largest absolute Gasteiger partial charge is 0.756 e. The molecule has 0 aliphatic carbocycles. The molecule has 1 fully saturated rings. The topological polar surface area (TPSA) is 88.1 Å². The van der Waals surface area contributed by atoms with E-state index in [1.54, 1.807) is 6.92 Å². The van der Waals surface area contributed by atoms with E-state index in [-0.39, 0.29) is 19.5 Å². The first-order chi connectivity index (χ1) is 5.47. The molecule has 0 radical (unpaired) electrons. The predicted molar refractivity (Wildman–Crippen MR) is 36.1 cm³/mol. The SMILES string of the molecule is CC1OCC(COP(=O)([O-])O)O1. The second-order valence-corrected chi connectivity index (χ2v) is 3.62. The fraction of sp³-hybridized carbons (Fsp3) is 1.00. The Hall–Kier alpha value is 0.0300. The maximum atomic E-state index is 10.1. The highest BCUT2D eigenvalue weighted by atomic mass is 31.2. The van der Waals surface area contributed by atoms with Crippen molar-refractivity contribution in [3.05, 3.63) is 0 Å². The van der Waals surface area contributed by atoms with Gasteiger partial charge in [-0.2, -0.15) is 0 Å². The van der Waals surface area contributed by atoms with E-state index >= 15 is 0 Å². The molecule has 6 nitrogen and oxygen atoms in total. The van der Waals surface area contributed by atoms with Gasteiger partial charge in [0.15, 0.2) is 6.29 Å². The van der Waals surface area contributed by atoms with Crippen LogP contribution in [0.25, 0.3) is 0 Å². The minimum absolute atomic E-state index is 0.207. The number of phosphoric ester groups is 1. The molecule has 0 spiro atoms. The van der Waals surface area contributed by atoms with Gasteiger partial charge in [0.25, 0.3) is 7.82 Å². The Balaban J connectivity index is 2.21. The Morgan fingerprint density at radius 1 is 1.83 bits per heavy atom. The molecule has 72 valence electrons. The zero-order valence-corrected chi connectivity index (χ0v) is 7.40. The summed E-state index contributed by atoms with van der Waals surface area (Å²) in [6, 6.07) is 0. The molecule has 3 unspecified atom stereocenters. The predicted octanol–water partition coefficient (Wildman–Crippen LogP) is -0.775. The van der Waals surface area contributed by atoms with E-state index in [2.05, 4.69) is 4.52 Å². The average molecular weight is 197 g/mol. The van der Waals surface area contributed by atoms with Crippen LogP contribution in [-0.2, 0) is 18.6 Å². The van der Waals surface area contributed by atoms with Gasteiger partial charge in [-0.3, -0.25) is 4.57 Å². The van der Waals surface area contributed by atoms with E-state index < -0.39 is 13.9 Å². The van der Waals surface area contributed by atoms with Crippen LogP contribution in [0.5, 0.6) is 0 Å². The molecular formula is C5H10O6P-. The maximum absolute atomic E-state index is 10.1. The van der Waals surface area contributed by atoms with Crippen molar-refractivity contribution in [2.24, 2.45) is 0 Å². The molecule has 12 heavy (non-hydrogen) atoms. The molecule has 0 aromatic heterocycles. The van der Waals surface area contributed by atoms with Crippen LogP contribution in [0.1, 0.15) is 6.92 Å². The zero-order valence-electron chi connectivity index (χ0n) is 6.50. The lowest BCUT2D eigenvalue weighted by Crippen LogP contribution is -2.19. The number of phosphoric acid groups is 1. The van der Waals surface area contributed by atoms with Crippen LogP contribution >= 0.6 is 7.82 Å². The highest BCUT2D eigenvalue weighted by molar-refractivity contribution is 7.44. The highest BCUT2D eigenvalue weighted by Gasteiger charge is 2.23. The number of hydrogen-bond donors (Lipinski definition) is 1. The molecule has 1 saturated heterocycles. The van der Waals surface area contributed by atoms with Crippen molar-refractivity contribution in [1.29, 1.82) is 0 Å². The molecule has 0 aromatic carbocycles. The second kappa shape index (κ2) is 3.83. The lowest BCUT2D eigenvalue weighted by Gasteiger charge is -2.17. The van der Waals surface area contributed by atoms with E-state index in [1.165, 1.54) is 0 Å². The van der Waals surface area contributed by atoms with E-state index in [1.807, 2.05) is 0 Å². The summed E-state index contributed by atoms with van der Waals surface area (Å²) < 4.78 is 24.2. The van der Waals surface area contributed by atoms with Crippen molar-refractivity contribution >= 4 is 7.82 Å². The van der Waals surface area contributed by atoms with Crippen molar-refractivity contribution in [1.82, 2.24) is 0 Å². The normalized spacial score (nSPS) is 34.9. The summed E-state index contributed by atoms with van der Waals surface area (Å²) in [5.74, 6) is 0. The summed E-state index contributed by atoms with van der Waals surface area (Å²) in [4.78, 5) is 18.4. The van der Waals surface area contributed by atoms with Gasteiger partial charge in [0.05, 0.1) is 13.2 Å². The number of ether oxygens (including phenoxy) is 2. The molecule has 0 bridgehead atoms. The summed E-state index contributed by atoms with van der Waals surface area (Å²) in [6.45, 7) is 1.76. The zero-order chi connectivity index (χ0) is 9.19. The summed E-state index contributed by atoms with van der Waals surface area (Å²) in [5, 5.41) is 0. The summed E-state index contributed by atoms with van der Waals surface area (Å²) in [6.07, 6.45) is -0.766. The van der Waals surface area contributed by atoms with E-state index in [9.17, 15) is 9.46 Å². The molecular weight excluding hydrogens is 187 g/mol. The highest BCUT2D eigenvalue weighted by Crippen LogP contribution is 2.31. The van der Waals surface area contributed by atoms with Gasteiger partial charge in [-0.05, 0) is 6.92 Å². The Labute approximate surface area is 69.7 Å². The third-order valence-electron chi connectivity index (χ3n) is 1.32. The smallest absolute Gasteiger partial charge is 0.265 e. The minimum Gasteiger partial charge on any atom is -0.756 e. The van der Waals surface area contributed by atoms with Gasteiger partial charge < -0.3 is 23.8 Å². The van der Waals surface area contributed by atoms with Gasteiger partial charge in [-0.1, -0.05) is 0 Å². The van der Waals surface area contributed by atoms with Crippen LogP contribution in [0.15, 0.2) is 0 Å². The van der Waals surface area contributed by atoms with Crippen molar-refractivity contribution in [2.45, 2.75) is 19.3 Å². The summed E-state index contributed by atoms with van der Waals surface area (Å²) >= 11 is 0. The van der Waals surface area contributed by atoms with Gasteiger partial charge in [0.2, 0.25) is 0 Å². The van der Waals surface area contributed by atoms with Crippen LogP contribution in [0.2, 0.25) is 0 Å². The molecule has 1 rings (SSSR count). The van der Waals surface area contributed by atoms with Crippen LogP contribution in [-0.4, -0.2) is 30.5 Å². The Kier molecular flexibility index (Phi) is 3.22. The van der Waals surface area contributed by atoms with Gasteiger partial charge in [0.1, 0.15) is 6.10 Å². The van der Waals surface area contributed by atoms with Crippen molar-refractivity contribution in [2.75, 3.05) is 13.2 Å². The van der Waals surface area contributed by atoms with Crippen LogP contribution < -0.4 is 4.89 Å². The fourth-order valence-electron chi connectivity index (χ4n) is 0.857. The molecule has 0 aromatic rings. The van der Waals surface area contributed by atoms with Crippen molar-refractivity contribution in [3.8, 4) is 0 Å². The molecule has 0 saturated carbocycles. The fourth-order valence-corrected chi connectivity index (χ4v) is 1.21. The molecule has 1 heterocycles. The van der Waals surface area contributed by atoms with Crippen LogP contribution in [0.4, 0.5) is 0 Å². The van der Waals surface area contributed by atoms with Gasteiger partial charge >= 0.3 is 0 Å². The first-order valence-electron chi connectivity index (χ1n) is 3.43. The number of hydrogen-bond acceptors (Lipinski definition) is 5. The molecule has 3 atom stereocenters.